The molecule has 4 atom stereocenters. The minimum atomic E-state index is -0.373. The zero-order valence-corrected chi connectivity index (χ0v) is 5.97. The Kier molecular flexibility index (Phi) is 1.82. The highest BCUT2D eigenvalue weighted by molar-refractivity contribution is 4.92. The van der Waals surface area contributed by atoms with Crippen LogP contribution in [0.3, 0.4) is 0 Å². The van der Waals surface area contributed by atoms with Crippen LogP contribution in [-0.4, -0.2) is 43.0 Å². The first-order chi connectivity index (χ1) is 5.33. The molecule has 2 saturated heterocycles. The molecule has 64 valence electrons. The van der Waals surface area contributed by atoms with Gasteiger partial charge in [0.15, 0.2) is 13.1 Å². The van der Waals surface area contributed by atoms with Crippen LogP contribution in [-0.2, 0) is 14.2 Å². The summed E-state index contributed by atoms with van der Waals surface area (Å²) in [5, 5.41) is 8.78. The molecule has 0 radical (unpaired) electrons. The zero-order chi connectivity index (χ0) is 7.84. The Morgan fingerprint density at radius 3 is 2.91 bits per heavy atom. The lowest BCUT2D eigenvalue weighted by Gasteiger charge is -2.13. The summed E-state index contributed by atoms with van der Waals surface area (Å²) in [6.07, 6.45) is -0.917. The van der Waals surface area contributed by atoms with Gasteiger partial charge in [-0.1, -0.05) is 0 Å². The summed E-state index contributed by atoms with van der Waals surface area (Å²) < 4.78 is 15.4. The van der Waals surface area contributed by atoms with Gasteiger partial charge in [-0.05, 0) is 0 Å². The molecule has 5 heteroatoms. The van der Waals surface area contributed by atoms with Gasteiger partial charge in [0.25, 0.3) is 0 Å². The normalized spacial score (nSPS) is 49.6. The van der Waals surface area contributed by atoms with Gasteiger partial charge >= 0.3 is 0 Å². The zero-order valence-electron chi connectivity index (χ0n) is 5.97. The molecule has 0 amide bonds. The fourth-order valence-electron chi connectivity index (χ4n) is 1.41. The summed E-state index contributed by atoms with van der Waals surface area (Å²) in [5.41, 5.74) is 5.68. The molecule has 2 fully saturated rings. The van der Waals surface area contributed by atoms with E-state index in [4.69, 9.17) is 25.1 Å². The van der Waals surface area contributed by atoms with Crippen LogP contribution in [0, 0.1) is 0 Å². The van der Waals surface area contributed by atoms with E-state index >= 15 is 0 Å². The van der Waals surface area contributed by atoms with E-state index < -0.39 is 0 Å². The van der Waals surface area contributed by atoms with Crippen molar-refractivity contribution in [2.24, 2.45) is 5.73 Å². The third kappa shape index (κ3) is 1.05. The second-order valence-corrected chi connectivity index (χ2v) is 2.72. The van der Waals surface area contributed by atoms with Crippen LogP contribution in [0.4, 0.5) is 0 Å². The van der Waals surface area contributed by atoms with Crippen LogP contribution < -0.4 is 5.73 Å². The van der Waals surface area contributed by atoms with Crippen molar-refractivity contribution in [3.05, 3.63) is 0 Å². The third-order valence-corrected chi connectivity index (χ3v) is 2.06. The van der Waals surface area contributed by atoms with Crippen LogP contribution in [0.15, 0.2) is 0 Å². The molecule has 3 N–H and O–H groups in total. The van der Waals surface area contributed by atoms with Crippen molar-refractivity contribution in [2.45, 2.75) is 24.5 Å². The summed E-state index contributed by atoms with van der Waals surface area (Å²) in [4.78, 5) is 0. The van der Waals surface area contributed by atoms with Gasteiger partial charge in [-0.15, -0.1) is 0 Å². The Morgan fingerprint density at radius 1 is 1.45 bits per heavy atom. The van der Waals surface area contributed by atoms with Crippen LogP contribution in [0.1, 0.15) is 0 Å². The van der Waals surface area contributed by atoms with Crippen molar-refractivity contribution in [3.63, 3.8) is 0 Å². The number of hydrogen-bond acceptors (Lipinski definition) is 5. The predicted molar refractivity (Wildman–Crippen MR) is 34.5 cm³/mol. The number of nitrogens with two attached hydrogens (primary N) is 1. The average Bonchev–Trinajstić information content (AvgIpc) is 2.53. The van der Waals surface area contributed by atoms with Gasteiger partial charge in [0.2, 0.25) is 0 Å². The molecule has 2 aliphatic rings. The van der Waals surface area contributed by atoms with Crippen LogP contribution in [0.25, 0.3) is 0 Å². The average molecular weight is 161 g/mol. The highest BCUT2D eigenvalue weighted by Gasteiger charge is 2.46. The summed E-state index contributed by atoms with van der Waals surface area (Å²) in [6.45, 7) is 0.155. The van der Waals surface area contributed by atoms with E-state index in [0.717, 1.165) is 0 Å². The predicted octanol–water partition coefficient (Wildman–Crippen LogP) is -1.60. The topological polar surface area (TPSA) is 73.9 Å². The number of hydrogen-bond donors (Lipinski definition) is 2. The van der Waals surface area contributed by atoms with Gasteiger partial charge < -0.3 is 25.1 Å². The van der Waals surface area contributed by atoms with Gasteiger partial charge in [-0.2, -0.15) is 0 Å². The Balaban J connectivity index is 2.04. The first-order valence-electron chi connectivity index (χ1n) is 3.58. The lowest BCUT2D eigenvalue weighted by atomic mass is 10.1. The van der Waals surface area contributed by atoms with Crippen LogP contribution in [0.5, 0.6) is 0 Å². The summed E-state index contributed by atoms with van der Waals surface area (Å²) in [7, 11) is 0. The largest absolute Gasteiger partial charge is 0.394 e. The molecule has 0 spiro atoms. The molecule has 0 bridgehead atoms. The van der Waals surface area contributed by atoms with Gasteiger partial charge in [0.05, 0.1) is 12.6 Å². The quantitative estimate of drug-likeness (QED) is 0.484. The van der Waals surface area contributed by atoms with Gasteiger partial charge in [-0.3, -0.25) is 0 Å². The van der Waals surface area contributed by atoms with Crippen molar-refractivity contribution in [3.8, 4) is 0 Å². The second kappa shape index (κ2) is 2.69. The number of rotatable bonds is 1. The van der Waals surface area contributed by atoms with Crippen LogP contribution >= 0.6 is 0 Å². The van der Waals surface area contributed by atoms with Crippen LogP contribution in [0.2, 0.25) is 0 Å². The first-order valence-corrected chi connectivity index (χ1v) is 3.58. The monoisotopic (exact) mass is 161 g/mol. The molecule has 0 aromatic carbocycles. The summed E-state index contributed by atoms with van der Waals surface area (Å²) in [5.74, 6) is 0. The maximum Gasteiger partial charge on any atom is 0.188 e. The number of ether oxygens (including phenoxy) is 3. The molecule has 2 aliphatic heterocycles. The third-order valence-electron chi connectivity index (χ3n) is 2.06. The molecule has 2 rings (SSSR count). The Labute approximate surface area is 64.0 Å². The number of aliphatic hydroxyl groups excluding tert-OH is 1. The van der Waals surface area contributed by atoms with E-state index in [1.54, 1.807) is 0 Å². The van der Waals surface area contributed by atoms with Gasteiger partial charge in [-0.25, -0.2) is 0 Å². The maximum atomic E-state index is 8.78. The smallest absolute Gasteiger partial charge is 0.188 e. The Morgan fingerprint density at radius 2 is 2.27 bits per heavy atom. The van der Waals surface area contributed by atoms with E-state index in [0.29, 0.717) is 0 Å². The van der Waals surface area contributed by atoms with E-state index in [2.05, 4.69) is 0 Å². The number of aliphatic hydroxyl groups is 1. The highest BCUT2D eigenvalue weighted by Crippen LogP contribution is 2.27. The van der Waals surface area contributed by atoms with Crippen molar-refractivity contribution in [1.82, 2.24) is 0 Å². The van der Waals surface area contributed by atoms with Crippen molar-refractivity contribution < 1.29 is 19.3 Å². The maximum absolute atomic E-state index is 8.78. The summed E-state index contributed by atoms with van der Waals surface area (Å²) >= 11 is 0. The van der Waals surface area contributed by atoms with Crippen molar-refractivity contribution in [2.75, 3.05) is 13.4 Å². The van der Waals surface area contributed by atoms with E-state index in [-0.39, 0.29) is 37.9 Å². The van der Waals surface area contributed by atoms with Gasteiger partial charge in [0, 0.05) is 0 Å². The lowest BCUT2D eigenvalue weighted by molar-refractivity contribution is -0.126. The van der Waals surface area contributed by atoms with Gasteiger partial charge in [0.1, 0.15) is 12.2 Å². The Hall–Kier alpha value is -0.200. The molecule has 0 saturated carbocycles. The standard InChI is InChI=1S/C6H11NO4/c7-4-3(1-8)11-6-5(4)9-2-10-6/h3-6,8H,1-2,7H2. The molecule has 0 aliphatic carbocycles. The van der Waals surface area contributed by atoms with E-state index in [1.807, 2.05) is 0 Å². The lowest BCUT2D eigenvalue weighted by Crippen LogP contribution is -2.41. The molecule has 2 heterocycles. The molecule has 4 unspecified atom stereocenters. The van der Waals surface area contributed by atoms with E-state index in [1.165, 1.54) is 0 Å². The molecular formula is C6H11NO4. The Bertz CT molecular complexity index is 154. The molecular weight excluding hydrogens is 150 g/mol. The SMILES string of the molecule is NC1C(CO)OC2OCOC21. The second-order valence-electron chi connectivity index (χ2n) is 2.72. The van der Waals surface area contributed by atoms with Crippen molar-refractivity contribution >= 4 is 0 Å². The fourth-order valence-corrected chi connectivity index (χ4v) is 1.41. The number of fused-ring (bicyclic) bond motifs is 1. The summed E-state index contributed by atoms with van der Waals surface area (Å²) in [6, 6.07) is -0.271. The highest BCUT2D eigenvalue weighted by atomic mass is 16.8. The minimum Gasteiger partial charge on any atom is -0.394 e. The molecule has 11 heavy (non-hydrogen) atoms. The molecule has 5 nitrogen and oxygen atoms in total. The van der Waals surface area contributed by atoms with E-state index in [9.17, 15) is 0 Å². The molecule has 0 aromatic heterocycles. The van der Waals surface area contributed by atoms with Crippen molar-refractivity contribution in [1.29, 1.82) is 0 Å². The fraction of sp³-hybridized carbons (Fsp3) is 1.00. The first kappa shape index (κ1) is 7.45. The minimum absolute atomic E-state index is 0.0825. The molecule has 0 aromatic rings.